The normalized spacial score (nSPS) is 15.2. The van der Waals surface area contributed by atoms with Gasteiger partial charge in [0.05, 0.1) is 5.75 Å². The predicted octanol–water partition coefficient (Wildman–Crippen LogP) is 2.94. The number of benzene rings is 1. The van der Waals surface area contributed by atoms with Crippen LogP contribution in [0.1, 0.15) is 18.6 Å². The first-order chi connectivity index (χ1) is 16.9. The standard InChI is InChI=1S/C22H22N6O5S2/c1-12-2-5-15(33-12)14-8-16-17(32-11-31-16)9-18(14)34-22-26-19-20(23)24-10-25-21(19)28(22)6-7-35(29,30)27-13-3-4-13/h2,5,8-10,13,27H,3-4,6-7,11H2,1H3,(H2,23,24,25). The van der Waals surface area contributed by atoms with Gasteiger partial charge in [0.15, 0.2) is 33.6 Å². The van der Waals surface area contributed by atoms with Crippen LogP contribution in [0.3, 0.4) is 0 Å². The van der Waals surface area contributed by atoms with Crippen molar-refractivity contribution >= 4 is 38.8 Å². The number of ether oxygens (including phenoxy) is 2. The Morgan fingerprint density at radius 1 is 1.20 bits per heavy atom. The van der Waals surface area contributed by atoms with Gasteiger partial charge in [0.1, 0.15) is 17.8 Å². The highest BCUT2D eigenvalue weighted by molar-refractivity contribution is 7.99. The zero-order valence-electron chi connectivity index (χ0n) is 18.7. The molecule has 0 bridgehead atoms. The molecule has 11 nitrogen and oxygen atoms in total. The Kier molecular flexibility index (Phi) is 5.34. The van der Waals surface area contributed by atoms with Crippen molar-refractivity contribution in [2.24, 2.45) is 0 Å². The number of furan rings is 1. The van der Waals surface area contributed by atoms with Gasteiger partial charge in [0, 0.05) is 23.0 Å². The number of nitrogen functional groups attached to an aromatic ring is 1. The lowest BCUT2D eigenvalue weighted by Gasteiger charge is -2.12. The summed E-state index contributed by atoms with van der Waals surface area (Å²) in [6.07, 6.45) is 3.09. The van der Waals surface area contributed by atoms with Crippen molar-refractivity contribution in [3.63, 3.8) is 0 Å². The summed E-state index contributed by atoms with van der Waals surface area (Å²) >= 11 is 1.34. The van der Waals surface area contributed by atoms with E-state index in [0.717, 1.165) is 29.1 Å². The largest absolute Gasteiger partial charge is 0.461 e. The van der Waals surface area contributed by atoms with Gasteiger partial charge in [0.25, 0.3) is 0 Å². The molecule has 2 aliphatic rings. The molecular formula is C22H22N6O5S2. The number of sulfonamides is 1. The van der Waals surface area contributed by atoms with Gasteiger partial charge in [-0.3, -0.25) is 0 Å². The average Bonchev–Trinajstić information content (AvgIpc) is 3.19. The SMILES string of the molecule is Cc1ccc(-c2cc3c(cc2Sc2nc4c(N)ncnc4n2CCS(=O)(=O)NC2CC2)OCO3)o1. The van der Waals surface area contributed by atoms with E-state index in [1.165, 1.54) is 18.1 Å². The number of hydrogen-bond acceptors (Lipinski definition) is 10. The van der Waals surface area contributed by atoms with Crippen molar-refractivity contribution in [1.82, 2.24) is 24.2 Å². The third-order valence-electron chi connectivity index (χ3n) is 5.71. The first kappa shape index (κ1) is 22.2. The van der Waals surface area contributed by atoms with Gasteiger partial charge in [-0.05, 0) is 44.0 Å². The van der Waals surface area contributed by atoms with Crippen LogP contribution in [0.15, 0.2) is 45.1 Å². The van der Waals surface area contributed by atoms with Crippen molar-refractivity contribution in [3.8, 4) is 22.8 Å². The van der Waals surface area contributed by atoms with Crippen LogP contribution in [0.5, 0.6) is 11.5 Å². The van der Waals surface area contributed by atoms with Crippen molar-refractivity contribution in [2.75, 3.05) is 18.3 Å². The van der Waals surface area contributed by atoms with Gasteiger partial charge >= 0.3 is 0 Å². The van der Waals surface area contributed by atoms with Crippen LogP contribution in [0, 0.1) is 6.92 Å². The Balaban J connectivity index is 1.41. The Bertz CT molecular complexity index is 1540. The Labute approximate surface area is 205 Å². The molecule has 35 heavy (non-hydrogen) atoms. The van der Waals surface area contributed by atoms with Crippen LogP contribution < -0.4 is 19.9 Å². The van der Waals surface area contributed by atoms with E-state index in [9.17, 15) is 8.42 Å². The van der Waals surface area contributed by atoms with E-state index >= 15 is 0 Å². The summed E-state index contributed by atoms with van der Waals surface area (Å²) in [7, 11) is -3.45. The molecule has 1 saturated carbocycles. The van der Waals surface area contributed by atoms with Gasteiger partial charge in [-0.25, -0.2) is 28.1 Å². The lowest BCUT2D eigenvalue weighted by molar-refractivity contribution is 0.174. The van der Waals surface area contributed by atoms with Crippen molar-refractivity contribution in [3.05, 3.63) is 36.4 Å². The molecule has 0 amide bonds. The minimum Gasteiger partial charge on any atom is -0.461 e. The number of fused-ring (bicyclic) bond motifs is 2. The van der Waals surface area contributed by atoms with E-state index in [2.05, 4.69) is 19.7 Å². The number of aryl methyl sites for hydroxylation is 2. The summed E-state index contributed by atoms with van der Waals surface area (Å²) in [6.45, 7) is 2.16. The number of aromatic nitrogens is 4. The zero-order valence-corrected chi connectivity index (χ0v) is 20.4. The summed E-state index contributed by atoms with van der Waals surface area (Å²) in [6, 6.07) is 7.55. The van der Waals surface area contributed by atoms with Crippen molar-refractivity contribution in [1.29, 1.82) is 0 Å². The van der Waals surface area contributed by atoms with E-state index in [4.69, 9.17) is 19.6 Å². The molecule has 0 spiro atoms. The Hall–Kier alpha value is -3.29. The van der Waals surface area contributed by atoms with E-state index < -0.39 is 10.0 Å². The third kappa shape index (κ3) is 4.42. The van der Waals surface area contributed by atoms with Crippen LogP contribution in [-0.2, 0) is 16.6 Å². The molecule has 1 aliphatic carbocycles. The lowest BCUT2D eigenvalue weighted by Crippen LogP contribution is -2.30. The molecule has 13 heteroatoms. The maximum Gasteiger partial charge on any atom is 0.231 e. The monoisotopic (exact) mass is 514 g/mol. The van der Waals surface area contributed by atoms with E-state index in [1.54, 1.807) is 4.57 Å². The minimum absolute atomic E-state index is 0.0410. The third-order valence-corrected chi connectivity index (χ3v) is 8.18. The summed E-state index contributed by atoms with van der Waals surface area (Å²) < 4.78 is 46.6. The van der Waals surface area contributed by atoms with Gasteiger partial charge in [0.2, 0.25) is 16.8 Å². The topological polar surface area (TPSA) is 147 Å². The van der Waals surface area contributed by atoms with E-state index in [1.807, 2.05) is 31.2 Å². The molecule has 0 atom stereocenters. The second-order valence-corrected chi connectivity index (χ2v) is 11.3. The number of anilines is 1. The molecule has 1 aromatic carbocycles. The second-order valence-electron chi connectivity index (χ2n) is 8.40. The molecular weight excluding hydrogens is 492 g/mol. The van der Waals surface area contributed by atoms with Crippen LogP contribution >= 0.6 is 11.8 Å². The smallest absolute Gasteiger partial charge is 0.231 e. The van der Waals surface area contributed by atoms with Crippen LogP contribution in [0.2, 0.25) is 0 Å². The molecule has 3 N–H and O–H groups in total. The lowest BCUT2D eigenvalue weighted by atomic mass is 10.1. The molecule has 4 aromatic rings. The highest BCUT2D eigenvalue weighted by Gasteiger charge is 2.28. The number of nitrogens with one attached hydrogen (secondary N) is 1. The minimum atomic E-state index is -3.45. The van der Waals surface area contributed by atoms with Crippen molar-refractivity contribution < 1.29 is 22.3 Å². The van der Waals surface area contributed by atoms with Crippen LogP contribution in [0.25, 0.3) is 22.5 Å². The highest BCUT2D eigenvalue weighted by atomic mass is 32.2. The Morgan fingerprint density at radius 3 is 2.74 bits per heavy atom. The summed E-state index contributed by atoms with van der Waals surface area (Å²) in [4.78, 5) is 13.8. The molecule has 0 unspecified atom stereocenters. The summed E-state index contributed by atoms with van der Waals surface area (Å²) in [5.74, 6) is 2.79. The molecule has 3 aromatic heterocycles. The molecule has 1 aliphatic heterocycles. The fourth-order valence-electron chi connectivity index (χ4n) is 3.82. The highest BCUT2D eigenvalue weighted by Crippen LogP contribution is 2.45. The molecule has 0 saturated heterocycles. The van der Waals surface area contributed by atoms with Gasteiger partial charge in [-0.1, -0.05) is 11.8 Å². The fraction of sp³-hybridized carbons (Fsp3) is 0.318. The maximum atomic E-state index is 12.6. The number of rotatable bonds is 8. The number of imidazole rings is 1. The van der Waals surface area contributed by atoms with Crippen molar-refractivity contribution in [2.45, 2.75) is 42.4 Å². The molecule has 1 fully saturated rings. The average molecular weight is 515 g/mol. The maximum absolute atomic E-state index is 12.6. The fourth-order valence-corrected chi connectivity index (χ4v) is 6.16. The zero-order chi connectivity index (χ0) is 24.2. The summed E-state index contributed by atoms with van der Waals surface area (Å²) in [5.41, 5.74) is 7.75. The van der Waals surface area contributed by atoms with E-state index in [0.29, 0.717) is 33.6 Å². The van der Waals surface area contributed by atoms with Crippen LogP contribution in [-0.4, -0.2) is 46.5 Å². The molecule has 0 radical (unpaired) electrons. The number of nitrogens with two attached hydrogens (primary N) is 1. The van der Waals surface area contributed by atoms with E-state index in [-0.39, 0.29) is 31.0 Å². The second kappa shape index (κ2) is 8.43. The predicted molar refractivity (Wildman–Crippen MR) is 129 cm³/mol. The molecule has 6 rings (SSSR count). The Morgan fingerprint density at radius 2 is 2.00 bits per heavy atom. The van der Waals surface area contributed by atoms with Gasteiger partial charge < -0.3 is 24.2 Å². The first-order valence-electron chi connectivity index (χ1n) is 11.0. The quantitative estimate of drug-likeness (QED) is 0.359. The number of nitrogens with zero attached hydrogens (tertiary/aromatic N) is 4. The van der Waals surface area contributed by atoms with Crippen LogP contribution in [0.4, 0.5) is 5.82 Å². The van der Waals surface area contributed by atoms with Gasteiger partial charge in [-0.2, -0.15) is 0 Å². The first-order valence-corrected chi connectivity index (χ1v) is 13.5. The number of hydrogen-bond donors (Lipinski definition) is 2. The van der Waals surface area contributed by atoms with Gasteiger partial charge in [-0.15, -0.1) is 0 Å². The summed E-state index contributed by atoms with van der Waals surface area (Å²) in [5, 5.41) is 0.525. The molecule has 182 valence electrons. The molecule has 4 heterocycles.